The molecule has 0 saturated heterocycles. The number of aliphatic imine (C=N–C) groups is 1. The summed E-state index contributed by atoms with van der Waals surface area (Å²) in [6.07, 6.45) is 6.47. The molecule has 1 aromatic carbocycles. The molecule has 138 valence electrons. The summed E-state index contributed by atoms with van der Waals surface area (Å²) in [5.74, 6) is 0.908. The third-order valence-electron chi connectivity index (χ3n) is 4.64. The highest BCUT2D eigenvalue weighted by molar-refractivity contribution is 5.70. The number of pyridine rings is 2. The first-order valence-electron chi connectivity index (χ1n) is 9.58. The van der Waals surface area contributed by atoms with Crippen LogP contribution in [0.4, 0.5) is 5.69 Å². The van der Waals surface area contributed by atoms with Gasteiger partial charge in [-0.15, -0.1) is 0 Å². The van der Waals surface area contributed by atoms with E-state index in [1.54, 1.807) is 6.20 Å². The van der Waals surface area contributed by atoms with Crippen molar-refractivity contribution in [2.75, 3.05) is 0 Å². The van der Waals surface area contributed by atoms with Crippen molar-refractivity contribution in [3.63, 3.8) is 0 Å². The molecule has 0 saturated carbocycles. The zero-order valence-electron chi connectivity index (χ0n) is 16.6. The van der Waals surface area contributed by atoms with E-state index in [-0.39, 0.29) is 0 Å². The maximum absolute atomic E-state index is 4.86. The molecule has 0 unspecified atom stereocenters. The second kappa shape index (κ2) is 8.72. The smallest absolute Gasteiger partial charge is 0.0886 e. The Bertz CT molecular complexity index is 868. The summed E-state index contributed by atoms with van der Waals surface area (Å²) >= 11 is 0. The zero-order valence-corrected chi connectivity index (χ0v) is 16.6. The molecule has 27 heavy (non-hydrogen) atoms. The fourth-order valence-corrected chi connectivity index (χ4v) is 3.11. The molecule has 0 atom stereocenters. The summed E-state index contributed by atoms with van der Waals surface area (Å²) in [5, 5.41) is 0. The third-order valence-corrected chi connectivity index (χ3v) is 4.64. The van der Waals surface area contributed by atoms with Crippen LogP contribution in [0.2, 0.25) is 0 Å². The SMILES string of the molecule is CC(C)c1cccc(C(C)C)c1N=CCc1ccc(-c2ccccn2)nc1. The first-order valence-corrected chi connectivity index (χ1v) is 9.58. The summed E-state index contributed by atoms with van der Waals surface area (Å²) in [6, 6.07) is 16.5. The maximum atomic E-state index is 4.86. The van der Waals surface area contributed by atoms with Crippen LogP contribution in [0.25, 0.3) is 11.4 Å². The van der Waals surface area contributed by atoms with Gasteiger partial charge in [0.2, 0.25) is 0 Å². The predicted octanol–water partition coefficient (Wildman–Crippen LogP) is 6.34. The molecule has 3 aromatic rings. The molecule has 0 N–H and O–H groups in total. The second-order valence-corrected chi connectivity index (χ2v) is 7.38. The van der Waals surface area contributed by atoms with Crippen molar-refractivity contribution in [2.45, 2.75) is 46.0 Å². The molecule has 0 bridgehead atoms. The molecule has 0 aliphatic heterocycles. The van der Waals surface area contributed by atoms with E-state index in [2.05, 4.69) is 61.9 Å². The Morgan fingerprint density at radius 2 is 1.52 bits per heavy atom. The molecule has 3 heteroatoms. The van der Waals surface area contributed by atoms with E-state index in [9.17, 15) is 0 Å². The van der Waals surface area contributed by atoms with Crippen molar-refractivity contribution >= 4 is 11.9 Å². The summed E-state index contributed by atoms with van der Waals surface area (Å²) in [5.41, 5.74) is 6.67. The van der Waals surface area contributed by atoms with Crippen molar-refractivity contribution < 1.29 is 0 Å². The van der Waals surface area contributed by atoms with E-state index < -0.39 is 0 Å². The molecule has 2 aromatic heterocycles. The van der Waals surface area contributed by atoms with E-state index in [1.165, 1.54) is 11.1 Å². The number of nitrogens with zero attached hydrogens (tertiary/aromatic N) is 3. The van der Waals surface area contributed by atoms with Crippen molar-refractivity contribution in [2.24, 2.45) is 4.99 Å². The van der Waals surface area contributed by atoms with Gasteiger partial charge in [-0.05, 0) is 46.7 Å². The minimum Gasteiger partial charge on any atom is -0.260 e. The minimum absolute atomic E-state index is 0.454. The van der Waals surface area contributed by atoms with Gasteiger partial charge < -0.3 is 0 Å². The zero-order chi connectivity index (χ0) is 19.2. The van der Waals surface area contributed by atoms with Gasteiger partial charge in [0.25, 0.3) is 0 Å². The lowest BCUT2D eigenvalue weighted by molar-refractivity contribution is 0.835. The molecular formula is C24H27N3. The van der Waals surface area contributed by atoms with Crippen LogP contribution in [0, 0.1) is 0 Å². The van der Waals surface area contributed by atoms with Crippen LogP contribution in [-0.2, 0) is 6.42 Å². The lowest BCUT2D eigenvalue weighted by Crippen LogP contribution is -1.96. The number of para-hydroxylation sites is 1. The molecule has 3 nitrogen and oxygen atoms in total. The molecule has 0 radical (unpaired) electrons. The van der Waals surface area contributed by atoms with Crippen LogP contribution >= 0.6 is 0 Å². The van der Waals surface area contributed by atoms with Crippen LogP contribution in [0.15, 0.2) is 65.9 Å². The van der Waals surface area contributed by atoms with E-state index in [1.807, 2.05) is 36.7 Å². The highest BCUT2D eigenvalue weighted by Crippen LogP contribution is 2.34. The van der Waals surface area contributed by atoms with Crippen LogP contribution in [0.5, 0.6) is 0 Å². The van der Waals surface area contributed by atoms with Crippen LogP contribution in [0.3, 0.4) is 0 Å². The topological polar surface area (TPSA) is 38.1 Å². The second-order valence-electron chi connectivity index (χ2n) is 7.38. The number of hydrogen-bond acceptors (Lipinski definition) is 3. The summed E-state index contributed by atoms with van der Waals surface area (Å²) < 4.78 is 0. The van der Waals surface area contributed by atoms with E-state index in [4.69, 9.17) is 4.99 Å². The molecular weight excluding hydrogens is 330 g/mol. The van der Waals surface area contributed by atoms with Gasteiger partial charge in [0.1, 0.15) is 0 Å². The molecule has 0 spiro atoms. The fourth-order valence-electron chi connectivity index (χ4n) is 3.11. The molecule has 0 amide bonds. The maximum Gasteiger partial charge on any atom is 0.0886 e. The molecule has 2 heterocycles. The van der Waals surface area contributed by atoms with Gasteiger partial charge in [0.05, 0.1) is 17.1 Å². The first-order chi connectivity index (χ1) is 13.1. The fraction of sp³-hybridized carbons (Fsp3) is 0.292. The average Bonchev–Trinajstić information content (AvgIpc) is 2.69. The summed E-state index contributed by atoms with van der Waals surface area (Å²) in [6.45, 7) is 8.88. The van der Waals surface area contributed by atoms with Gasteiger partial charge in [-0.1, -0.05) is 58.0 Å². The van der Waals surface area contributed by atoms with Gasteiger partial charge in [-0.25, -0.2) is 0 Å². The molecule has 0 fully saturated rings. The standard InChI is InChI=1S/C24H27N3/c1-17(2)20-8-7-9-21(18(3)4)24(20)26-15-13-19-11-12-23(27-16-19)22-10-5-6-14-25-22/h5-12,14-18H,13H2,1-4H3. The van der Waals surface area contributed by atoms with Crippen molar-refractivity contribution in [1.82, 2.24) is 9.97 Å². The highest BCUT2D eigenvalue weighted by atomic mass is 14.8. The predicted molar refractivity (Wildman–Crippen MR) is 114 cm³/mol. The number of aromatic nitrogens is 2. The Morgan fingerprint density at radius 3 is 2.07 bits per heavy atom. The van der Waals surface area contributed by atoms with Crippen LogP contribution in [0.1, 0.15) is 56.2 Å². The summed E-state index contributed by atoms with van der Waals surface area (Å²) in [7, 11) is 0. The van der Waals surface area contributed by atoms with Gasteiger partial charge in [0, 0.05) is 25.0 Å². The Morgan fingerprint density at radius 1 is 0.815 bits per heavy atom. The Kier molecular flexibility index (Phi) is 6.12. The molecule has 3 rings (SSSR count). The van der Waals surface area contributed by atoms with Gasteiger partial charge >= 0.3 is 0 Å². The highest BCUT2D eigenvalue weighted by Gasteiger charge is 2.12. The van der Waals surface area contributed by atoms with E-state index >= 15 is 0 Å². The first kappa shape index (κ1) is 19.0. The lowest BCUT2D eigenvalue weighted by atomic mass is 9.93. The largest absolute Gasteiger partial charge is 0.260 e. The third kappa shape index (κ3) is 4.68. The number of benzene rings is 1. The van der Waals surface area contributed by atoms with Gasteiger partial charge in [-0.3, -0.25) is 15.0 Å². The van der Waals surface area contributed by atoms with Crippen molar-refractivity contribution in [3.8, 4) is 11.4 Å². The normalized spacial score (nSPS) is 11.6. The number of hydrogen-bond donors (Lipinski definition) is 0. The molecule has 0 aliphatic rings. The lowest BCUT2D eigenvalue weighted by Gasteiger charge is -2.16. The molecule has 0 aliphatic carbocycles. The Labute approximate surface area is 162 Å². The van der Waals surface area contributed by atoms with E-state index in [0.717, 1.165) is 29.1 Å². The average molecular weight is 358 g/mol. The minimum atomic E-state index is 0.454. The van der Waals surface area contributed by atoms with Crippen LogP contribution in [-0.4, -0.2) is 16.2 Å². The number of rotatable bonds is 6. The Hall–Kier alpha value is -2.81. The van der Waals surface area contributed by atoms with E-state index in [0.29, 0.717) is 11.8 Å². The van der Waals surface area contributed by atoms with Crippen molar-refractivity contribution in [1.29, 1.82) is 0 Å². The summed E-state index contributed by atoms with van der Waals surface area (Å²) in [4.78, 5) is 13.7. The van der Waals surface area contributed by atoms with Crippen LogP contribution < -0.4 is 0 Å². The van der Waals surface area contributed by atoms with Gasteiger partial charge in [-0.2, -0.15) is 0 Å². The Balaban J connectivity index is 1.78. The van der Waals surface area contributed by atoms with Crippen molar-refractivity contribution in [3.05, 3.63) is 77.6 Å². The monoisotopic (exact) mass is 357 g/mol. The quantitative estimate of drug-likeness (QED) is 0.483. The van der Waals surface area contributed by atoms with Gasteiger partial charge in [0.15, 0.2) is 0 Å².